The molecule has 2 aromatic rings. The average molecular weight is 238 g/mol. The highest BCUT2D eigenvalue weighted by atomic mass is 32.2. The van der Waals surface area contributed by atoms with Crippen molar-refractivity contribution in [2.45, 2.75) is 4.90 Å². The van der Waals surface area contributed by atoms with Crippen LogP contribution in [0.25, 0.3) is 11.0 Å². The van der Waals surface area contributed by atoms with Gasteiger partial charge in [-0.3, -0.25) is 0 Å². The minimum absolute atomic E-state index is 0.247. The molecule has 0 spiro atoms. The van der Waals surface area contributed by atoms with E-state index in [1.54, 1.807) is 22.8 Å². The molecule has 2 rings (SSSR count). The first-order valence-electron chi connectivity index (χ1n) is 4.69. The van der Waals surface area contributed by atoms with Crippen LogP contribution >= 0.6 is 0 Å². The van der Waals surface area contributed by atoms with Gasteiger partial charge in [0.2, 0.25) is 10.0 Å². The molecular weight excluding hydrogens is 226 g/mol. The normalized spacial score (nSPS) is 12.5. The van der Waals surface area contributed by atoms with Crippen LogP contribution in [0.5, 0.6) is 0 Å². The summed E-state index contributed by atoms with van der Waals surface area (Å²) in [6.07, 6.45) is 2.74. The molecule has 6 heteroatoms. The second-order valence-electron chi connectivity index (χ2n) is 3.71. The average Bonchev–Trinajstić information content (AvgIpc) is 2.60. The lowest BCUT2D eigenvalue weighted by Crippen LogP contribution is -2.22. The Kier molecular flexibility index (Phi) is 2.47. The molecule has 5 nitrogen and oxygen atoms in total. The molecule has 0 atom stereocenters. The minimum Gasteiger partial charge on any atom is -0.324 e. The van der Waals surface area contributed by atoms with Crippen molar-refractivity contribution in [3.05, 3.63) is 24.5 Å². The van der Waals surface area contributed by atoms with E-state index in [2.05, 4.69) is 11.3 Å². The van der Waals surface area contributed by atoms with Gasteiger partial charge in [0.25, 0.3) is 0 Å². The van der Waals surface area contributed by atoms with E-state index in [1.807, 2.05) is 7.05 Å². The SMILES string of the molecule is CN(C)S(=O)(=O)c1ccc2c(c1)n[c]n2C. The van der Waals surface area contributed by atoms with Crippen LogP contribution in [-0.4, -0.2) is 36.4 Å². The van der Waals surface area contributed by atoms with Crippen LogP contribution in [0.3, 0.4) is 0 Å². The molecule has 85 valence electrons. The van der Waals surface area contributed by atoms with Gasteiger partial charge in [-0.05, 0) is 18.2 Å². The van der Waals surface area contributed by atoms with Crippen molar-refractivity contribution in [3.63, 3.8) is 0 Å². The fourth-order valence-electron chi connectivity index (χ4n) is 1.43. The molecule has 0 aliphatic carbocycles. The van der Waals surface area contributed by atoms with Crippen molar-refractivity contribution >= 4 is 21.1 Å². The van der Waals surface area contributed by atoms with Crippen LogP contribution in [0.1, 0.15) is 0 Å². The first kappa shape index (κ1) is 11.1. The zero-order valence-electron chi connectivity index (χ0n) is 9.30. The van der Waals surface area contributed by atoms with E-state index in [0.717, 1.165) is 5.52 Å². The topological polar surface area (TPSA) is 55.2 Å². The molecule has 0 amide bonds. The maximum Gasteiger partial charge on any atom is 0.242 e. The molecule has 0 saturated heterocycles. The number of aryl methyl sites for hydroxylation is 1. The van der Waals surface area contributed by atoms with Gasteiger partial charge in [0.15, 0.2) is 6.33 Å². The van der Waals surface area contributed by atoms with E-state index in [1.165, 1.54) is 18.4 Å². The molecule has 0 aliphatic rings. The molecule has 0 saturated carbocycles. The lowest BCUT2D eigenvalue weighted by molar-refractivity contribution is 0.521. The lowest BCUT2D eigenvalue weighted by Gasteiger charge is -2.10. The van der Waals surface area contributed by atoms with Crippen molar-refractivity contribution in [2.24, 2.45) is 7.05 Å². The van der Waals surface area contributed by atoms with Crippen LogP contribution in [0.2, 0.25) is 0 Å². The van der Waals surface area contributed by atoms with Gasteiger partial charge in [0, 0.05) is 21.1 Å². The predicted molar refractivity (Wildman–Crippen MR) is 60.4 cm³/mol. The fourth-order valence-corrected chi connectivity index (χ4v) is 2.35. The van der Waals surface area contributed by atoms with Gasteiger partial charge in [-0.25, -0.2) is 17.7 Å². The Hall–Kier alpha value is -1.40. The number of aromatic nitrogens is 2. The van der Waals surface area contributed by atoms with Crippen molar-refractivity contribution in [1.82, 2.24) is 13.9 Å². The summed E-state index contributed by atoms with van der Waals surface area (Å²) in [5.41, 5.74) is 1.49. The van der Waals surface area contributed by atoms with Crippen LogP contribution in [0.4, 0.5) is 0 Å². The summed E-state index contributed by atoms with van der Waals surface area (Å²) in [5.74, 6) is 0. The molecule has 16 heavy (non-hydrogen) atoms. The maximum absolute atomic E-state index is 11.9. The number of benzene rings is 1. The molecule has 1 heterocycles. The summed E-state index contributed by atoms with van der Waals surface area (Å²) in [6, 6.07) is 4.86. The number of hydrogen-bond acceptors (Lipinski definition) is 3. The van der Waals surface area contributed by atoms with Crippen molar-refractivity contribution in [3.8, 4) is 0 Å². The quantitative estimate of drug-likeness (QED) is 0.771. The molecule has 0 bridgehead atoms. The Labute approximate surface area is 94.4 Å². The van der Waals surface area contributed by atoms with Gasteiger partial charge in [-0.1, -0.05) is 0 Å². The summed E-state index contributed by atoms with van der Waals surface area (Å²) in [6.45, 7) is 0. The maximum atomic E-state index is 11.9. The van der Waals surface area contributed by atoms with Crippen LogP contribution in [0, 0.1) is 6.33 Å². The number of rotatable bonds is 2. The summed E-state index contributed by atoms with van der Waals surface area (Å²) >= 11 is 0. The van der Waals surface area contributed by atoms with Crippen molar-refractivity contribution in [1.29, 1.82) is 0 Å². The summed E-state index contributed by atoms with van der Waals surface area (Å²) in [7, 11) is 1.43. The summed E-state index contributed by atoms with van der Waals surface area (Å²) < 4.78 is 26.6. The third-order valence-electron chi connectivity index (χ3n) is 2.41. The second-order valence-corrected chi connectivity index (χ2v) is 5.86. The number of hydrogen-bond donors (Lipinski definition) is 0. The molecule has 1 aromatic heterocycles. The lowest BCUT2D eigenvalue weighted by atomic mass is 10.3. The predicted octanol–water partition coefficient (Wildman–Crippen LogP) is 0.624. The highest BCUT2D eigenvalue weighted by Crippen LogP contribution is 2.19. The van der Waals surface area contributed by atoms with Crippen LogP contribution in [-0.2, 0) is 17.1 Å². The standard InChI is InChI=1S/C10H12N3O2S/c1-12(2)16(14,15)8-4-5-10-9(6-8)11-7-13(10)3/h4-6H,1-3H3. The Morgan fingerprint density at radius 1 is 1.38 bits per heavy atom. The molecule has 1 radical (unpaired) electrons. The van der Waals surface area contributed by atoms with Gasteiger partial charge in [-0.15, -0.1) is 0 Å². The summed E-state index contributed by atoms with van der Waals surface area (Å²) in [4.78, 5) is 4.25. The molecule has 0 aliphatic heterocycles. The van der Waals surface area contributed by atoms with Gasteiger partial charge < -0.3 is 4.57 Å². The van der Waals surface area contributed by atoms with Gasteiger partial charge in [-0.2, -0.15) is 0 Å². The van der Waals surface area contributed by atoms with E-state index < -0.39 is 10.0 Å². The zero-order valence-corrected chi connectivity index (χ0v) is 10.1. The second kappa shape index (κ2) is 3.57. The highest BCUT2D eigenvalue weighted by molar-refractivity contribution is 7.89. The number of sulfonamides is 1. The van der Waals surface area contributed by atoms with E-state index in [4.69, 9.17) is 0 Å². The molecular formula is C10H12N3O2S. The third-order valence-corrected chi connectivity index (χ3v) is 4.22. The highest BCUT2D eigenvalue weighted by Gasteiger charge is 2.17. The van der Waals surface area contributed by atoms with E-state index >= 15 is 0 Å². The Morgan fingerprint density at radius 3 is 2.69 bits per heavy atom. The van der Waals surface area contributed by atoms with Gasteiger partial charge >= 0.3 is 0 Å². The minimum atomic E-state index is -3.39. The monoisotopic (exact) mass is 238 g/mol. The van der Waals surface area contributed by atoms with Crippen LogP contribution < -0.4 is 0 Å². The molecule has 0 fully saturated rings. The number of fused-ring (bicyclic) bond motifs is 1. The Morgan fingerprint density at radius 2 is 2.06 bits per heavy atom. The smallest absolute Gasteiger partial charge is 0.242 e. The largest absolute Gasteiger partial charge is 0.324 e. The third kappa shape index (κ3) is 1.60. The zero-order chi connectivity index (χ0) is 11.9. The number of nitrogens with zero attached hydrogens (tertiary/aromatic N) is 3. The van der Waals surface area contributed by atoms with Crippen LogP contribution in [0.15, 0.2) is 23.1 Å². The molecule has 0 unspecified atom stereocenters. The van der Waals surface area contributed by atoms with Crippen molar-refractivity contribution in [2.75, 3.05) is 14.1 Å². The van der Waals surface area contributed by atoms with Crippen molar-refractivity contribution < 1.29 is 8.42 Å². The first-order valence-corrected chi connectivity index (χ1v) is 6.13. The van der Waals surface area contributed by atoms with E-state index in [9.17, 15) is 8.42 Å². The van der Waals surface area contributed by atoms with E-state index in [0.29, 0.717) is 5.52 Å². The first-order chi connectivity index (χ1) is 7.43. The Bertz CT molecular complexity index is 629. The summed E-state index contributed by atoms with van der Waals surface area (Å²) in [5, 5.41) is 0. The Balaban J connectivity index is 2.65. The van der Waals surface area contributed by atoms with E-state index in [-0.39, 0.29) is 4.90 Å². The molecule has 0 N–H and O–H groups in total. The molecule has 1 aromatic carbocycles. The fraction of sp³-hybridized carbons (Fsp3) is 0.300. The number of imidazole rings is 1. The van der Waals surface area contributed by atoms with Gasteiger partial charge in [0.05, 0.1) is 15.9 Å². The van der Waals surface area contributed by atoms with Gasteiger partial charge in [0.1, 0.15) is 0 Å².